The zero-order valence-corrected chi connectivity index (χ0v) is 19.2. The molecule has 0 spiro atoms. The fourth-order valence-electron chi connectivity index (χ4n) is 4.15. The third-order valence-corrected chi connectivity index (χ3v) is 6.37. The standard InChI is InChI=1S/C24H22ClFN4O4/c1-15(24(32)29-10-8-28(9-11-29)17-3-4-19(26)18(25)13-17)30-23(31)7-5-20(27-30)16-2-6-21-22(12-16)34-14-33-21/h2-7,12-13,15H,8-11,14H2,1H3. The predicted octanol–water partition coefficient (Wildman–Crippen LogP) is 3.34. The third-order valence-electron chi connectivity index (χ3n) is 6.08. The Labute approximate surface area is 200 Å². The van der Waals surface area contributed by atoms with Gasteiger partial charge in [0.1, 0.15) is 11.9 Å². The number of amides is 1. The summed E-state index contributed by atoms with van der Waals surface area (Å²) in [7, 11) is 0. The lowest BCUT2D eigenvalue weighted by Gasteiger charge is -2.37. The summed E-state index contributed by atoms with van der Waals surface area (Å²) < 4.78 is 25.4. The first-order valence-electron chi connectivity index (χ1n) is 10.9. The minimum absolute atomic E-state index is 0.0671. The second-order valence-corrected chi connectivity index (χ2v) is 8.56. The molecule has 34 heavy (non-hydrogen) atoms. The number of halogens is 2. The molecule has 2 aromatic carbocycles. The van der Waals surface area contributed by atoms with Crippen LogP contribution in [-0.2, 0) is 4.79 Å². The predicted molar refractivity (Wildman–Crippen MR) is 125 cm³/mol. The van der Waals surface area contributed by atoms with Crippen LogP contribution in [0.4, 0.5) is 10.1 Å². The highest BCUT2D eigenvalue weighted by molar-refractivity contribution is 6.31. The number of fused-ring (bicyclic) bond motifs is 1. The van der Waals surface area contributed by atoms with Crippen molar-refractivity contribution in [2.75, 3.05) is 37.9 Å². The smallest absolute Gasteiger partial charge is 0.267 e. The van der Waals surface area contributed by atoms with Crippen LogP contribution in [-0.4, -0.2) is 53.6 Å². The van der Waals surface area contributed by atoms with E-state index in [0.717, 1.165) is 11.3 Å². The lowest BCUT2D eigenvalue weighted by Crippen LogP contribution is -2.51. The Hall–Kier alpha value is -3.59. The Balaban J connectivity index is 1.30. The van der Waals surface area contributed by atoms with E-state index in [1.54, 1.807) is 42.2 Å². The van der Waals surface area contributed by atoms with E-state index in [-0.39, 0.29) is 23.3 Å². The Morgan fingerprint density at radius 3 is 2.56 bits per heavy atom. The van der Waals surface area contributed by atoms with Gasteiger partial charge in [-0.3, -0.25) is 9.59 Å². The minimum Gasteiger partial charge on any atom is -0.454 e. The molecule has 0 radical (unpaired) electrons. The van der Waals surface area contributed by atoms with Gasteiger partial charge in [-0.1, -0.05) is 11.6 Å². The van der Waals surface area contributed by atoms with Crippen LogP contribution < -0.4 is 19.9 Å². The van der Waals surface area contributed by atoms with Crippen molar-refractivity contribution in [2.24, 2.45) is 0 Å². The maximum atomic E-state index is 13.5. The maximum Gasteiger partial charge on any atom is 0.267 e. The fraction of sp³-hybridized carbons (Fsp3) is 0.292. The quantitative estimate of drug-likeness (QED) is 0.565. The molecule has 0 N–H and O–H groups in total. The average Bonchev–Trinajstić information content (AvgIpc) is 3.33. The summed E-state index contributed by atoms with van der Waals surface area (Å²) in [4.78, 5) is 29.5. The Bertz CT molecular complexity index is 1310. The van der Waals surface area contributed by atoms with Crippen LogP contribution in [0.1, 0.15) is 13.0 Å². The van der Waals surface area contributed by atoms with Crippen molar-refractivity contribution in [3.05, 3.63) is 69.7 Å². The molecule has 0 aliphatic carbocycles. The number of rotatable bonds is 4. The van der Waals surface area contributed by atoms with Gasteiger partial charge in [-0.15, -0.1) is 0 Å². The molecular weight excluding hydrogens is 463 g/mol. The number of aromatic nitrogens is 2. The topological polar surface area (TPSA) is 76.9 Å². The van der Waals surface area contributed by atoms with Crippen LogP contribution in [0.25, 0.3) is 11.3 Å². The van der Waals surface area contributed by atoms with Crippen molar-refractivity contribution >= 4 is 23.2 Å². The molecule has 5 rings (SSSR count). The van der Waals surface area contributed by atoms with Gasteiger partial charge in [0.25, 0.3) is 5.56 Å². The number of anilines is 1. The lowest BCUT2D eigenvalue weighted by molar-refractivity contribution is -0.135. The first-order valence-corrected chi connectivity index (χ1v) is 11.3. The van der Waals surface area contributed by atoms with E-state index in [0.29, 0.717) is 43.4 Å². The van der Waals surface area contributed by atoms with Crippen LogP contribution in [0.3, 0.4) is 0 Å². The summed E-state index contributed by atoms with van der Waals surface area (Å²) >= 11 is 5.90. The van der Waals surface area contributed by atoms with E-state index in [2.05, 4.69) is 5.10 Å². The van der Waals surface area contributed by atoms with E-state index in [9.17, 15) is 14.0 Å². The summed E-state index contributed by atoms with van der Waals surface area (Å²) in [6, 6.07) is 12.3. The molecule has 1 amide bonds. The van der Waals surface area contributed by atoms with Gasteiger partial charge in [0, 0.05) is 43.5 Å². The lowest BCUT2D eigenvalue weighted by atomic mass is 10.1. The molecule has 2 aliphatic heterocycles. The first-order chi connectivity index (χ1) is 16.4. The molecule has 176 valence electrons. The molecule has 1 saturated heterocycles. The highest BCUT2D eigenvalue weighted by Gasteiger charge is 2.27. The van der Waals surface area contributed by atoms with Gasteiger partial charge in [0.05, 0.1) is 10.7 Å². The van der Waals surface area contributed by atoms with Gasteiger partial charge in [0.2, 0.25) is 12.7 Å². The molecule has 1 unspecified atom stereocenters. The Morgan fingerprint density at radius 1 is 1.03 bits per heavy atom. The van der Waals surface area contributed by atoms with Crippen molar-refractivity contribution in [1.82, 2.24) is 14.7 Å². The zero-order valence-electron chi connectivity index (χ0n) is 18.4. The van der Waals surface area contributed by atoms with E-state index in [4.69, 9.17) is 21.1 Å². The fourth-order valence-corrected chi connectivity index (χ4v) is 4.32. The van der Waals surface area contributed by atoms with E-state index in [1.165, 1.54) is 16.8 Å². The van der Waals surface area contributed by atoms with Crippen molar-refractivity contribution < 1.29 is 18.7 Å². The molecule has 3 aromatic rings. The molecule has 2 aliphatic rings. The van der Waals surface area contributed by atoms with E-state index < -0.39 is 11.9 Å². The molecule has 10 heteroatoms. The third kappa shape index (κ3) is 4.19. The van der Waals surface area contributed by atoms with Gasteiger partial charge in [-0.25, -0.2) is 9.07 Å². The van der Waals surface area contributed by atoms with Gasteiger partial charge in [-0.2, -0.15) is 5.10 Å². The monoisotopic (exact) mass is 484 g/mol. The number of benzene rings is 2. The molecule has 0 bridgehead atoms. The van der Waals surface area contributed by atoms with E-state index in [1.807, 2.05) is 11.0 Å². The summed E-state index contributed by atoms with van der Waals surface area (Å²) in [6.45, 7) is 3.91. The normalized spacial score (nSPS) is 16.0. The van der Waals surface area contributed by atoms with Crippen LogP contribution in [0.2, 0.25) is 5.02 Å². The largest absolute Gasteiger partial charge is 0.454 e. The van der Waals surface area contributed by atoms with Crippen LogP contribution in [0, 0.1) is 5.82 Å². The van der Waals surface area contributed by atoms with Crippen molar-refractivity contribution in [1.29, 1.82) is 0 Å². The molecule has 1 fully saturated rings. The van der Waals surface area contributed by atoms with Gasteiger partial charge in [0.15, 0.2) is 11.5 Å². The van der Waals surface area contributed by atoms with Crippen LogP contribution >= 0.6 is 11.6 Å². The summed E-state index contributed by atoms with van der Waals surface area (Å²) in [6.07, 6.45) is 0. The number of hydrogen-bond donors (Lipinski definition) is 0. The highest BCUT2D eigenvalue weighted by Crippen LogP contribution is 2.35. The SMILES string of the molecule is CC(C(=O)N1CCN(c2ccc(F)c(Cl)c2)CC1)n1nc(-c2ccc3c(c2)OCO3)ccc1=O. The van der Waals surface area contributed by atoms with E-state index >= 15 is 0 Å². The number of piperazine rings is 1. The second-order valence-electron chi connectivity index (χ2n) is 8.16. The number of hydrogen-bond acceptors (Lipinski definition) is 6. The number of ether oxygens (including phenoxy) is 2. The number of carbonyl (C=O) groups is 1. The Kier molecular flexibility index (Phi) is 5.87. The molecule has 8 nitrogen and oxygen atoms in total. The van der Waals surface area contributed by atoms with Crippen molar-refractivity contribution in [2.45, 2.75) is 13.0 Å². The summed E-state index contributed by atoms with van der Waals surface area (Å²) in [5, 5.41) is 4.53. The summed E-state index contributed by atoms with van der Waals surface area (Å²) in [5.74, 6) is 0.618. The molecule has 1 atom stereocenters. The molecule has 1 aromatic heterocycles. The van der Waals surface area contributed by atoms with Gasteiger partial charge in [-0.05, 0) is 49.4 Å². The number of nitrogens with zero attached hydrogens (tertiary/aromatic N) is 4. The number of carbonyl (C=O) groups excluding carboxylic acids is 1. The Morgan fingerprint density at radius 2 is 1.79 bits per heavy atom. The minimum atomic E-state index is -0.770. The van der Waals surface area contributed by atoms with Gasteiger partial charge < -0.3 is 19.3 Å². The molecule has 3 heterocycles. The summed E-state index contributed by atoms with van der Waals surface area (Å²) in [5.41, 5.74) is 1.76. The van der Waals surface area contributed by atoms with Crippen LogP contribution in [0.5, 0.6) is 11.5 Å². The van der Waals surface area contributed by atoms with Crippen molar-refractivity contribution in [3.63, 3.8) is 0 Å². The van der Waals surface area contributed by atoms with Crippen LogP contribution in [0.15, 0.2) is 53.3 Å². The maximum absolute atomic E-state index is 13.5. The first kappa shape index (κ1) is 22.2. The molecule has 0 saturated carbocycles. The zero-order chi connectivity index (χ0) is 23.8. The van der Waals surface area contributed by atoms with Crippen molar-refractivity contribution in [3.8, 4) is 22.8 Å². The highest BCUT2D eigenvalue weighted by atomic mass is 35.5. The van der Waals surface area contributed by atoms with Gasteiger partial charge >= 0.3 is 0 Å². The average molecular weight is 485 g/mol. The second kappa shape index (κ2) is 8.98. The molecular formula is C24H22ClFN4O4.